The second-order valence-corrected chi connectivity index (χ2v) is 5.81. The first-order chi connectivity index (χ1) is 9.29. The summed E-state index contributed by atoms with van der Waals surface area (Å²) in [6, 6.07) is 8.26. The van der Waals surface area contributed by atoms with E-state index in [1.807, 2.05) is 12.1 Å². The van der Waals surface area contributed by atoms with E-state index >= 15 is 0 Å². The summed E-state index contributed by atoms with van der Waals surface area (Å²) in [4.78, 5) is 0. The van der Waals surface area contributed by atoms with E-state index in [1.165, 1.54) is 32.1 Å². The summed E-state index contributed by atoms with van der Waals surface area (Å²) in [5.74, 6) is 0.831. The number of hydrogen-bond donors (Lipinski definition) is 2. The molecule has 2 heteroatoms. The van der Waals surface area contributed by atoms with Crippen LogP contribution in [0.5, 0.6) is 0 Å². The Balaban J connectivity index is 1.87. The standard InChI is InChI=1S/C17H27NO/c1-2-7-17(19)15-10-6-11-16(12-15)18-13-14-8-4-3-5-9-14/h6,10-12,14,17-19H,2-5,7-9,13H2,1H3/t17-/m1/s1. The van der Waals surface area contributed by atoms with Crippen LogP contribution in [0, 0.1) is 5.92 Å². The molecule has 1 saturated carbocycles. The van der Waals surface area contributed by atoms with Crippen LogP contribution in [0.4, 0.5) is 5.69 Å². The molecular weight excluding hydrogens is 234 g/mol. The molecule has 0 saturated heterocycles. The first-order valence-electron chi connectivity index (χ1n) is 7.81. The molecule has 1 atom stereocenters. The second kappa shape index (κ2) is 7.54. The van der Waals surface area contributed by atoms with Crippen molar-refractivity contribution in [2.45, 2.75) is 58.0 Å². The SMILES string of the molecule is CCC[C@@H](O)c1cccc(NCC2CCCCC2)c1. The molecule has 2 rings (SSSR count). The lowest BCUT2D eigenvalue weighted by atomic mass is 9.89. The summed E-state index contributed by atoms with van der Waals surface area (Å²) in [5, 5.41) is 13.6. The fraction of sp³-hybridized carbons (Fsp3) is 0.647. The van der Waals surface area contributed by atoms with Crippen LogP contribution < -0.4 is 5.32 Å². The molecule has 1 aliphatic rings. The third-order valence-electron chi connectivity index (χ3n) is 4.15. The van der Waals surface area contributed by atoms with Gasteiger partial charge >= 0.3 is 0 Å². The van der Waals surface area contributed by atoms with Gasteiger partial charge in [-0.3, -0.25) is 0 Å². The number of hydrogen-bond acceptors (Lipinski definition) is 2. The molecular formula is C17H27NO. The highest BCUT2D eigenvalue weighted by molar-refractivity contribution is 5.46. The lowest BCUT2D eigenvalue weighted by Gasteiger charge is -2.22. The summed E-state index contributed by atoms with van der Waals surface area (Å²) in [7, 11) is 0. The van der Waals surface area contributed by atoms with Crippen molar-refractivity contribution in [2.24, 2.45) is 5.92 Å². The molecule has 1 aliphatic carbocycles. The third-order valence-corrected chi connectivity index (χ3v) is 4.15. The van der Waals surface area contributed by atoms with E-state index in [1.54, 1.807) is 0 Å². The molecule has 0 aliphatic heterocycles. The highest BCUT2D eigenvalue weighted by atomic mass is 16.3. The number of rotatable bonds is 6. The van der Waals surface area contributed by atoms with Gasteiger partial charge in [-0.1, -0.05) is 44.7 Å². The largest absolute Gasteiger partial charge is 0.388 e. The summed E-state index contributed by atoms with van der Waals surface area (Å²) in [6.45, 7) is 3.18. The van der Waals surface area contributed by atoms with E-state index in [-0.39, 0.29) is 6.10 Å². The summed E-state index contributed by atoms with van der Waals surface area (Å²) in [5.41, 5.74) is 2.19. The minimum absolute atomic E-state index is 0.318. The molecule has 0 amide bonds. The predicted molar refractivity (Wildman–Crippen MR) is 81.4 cm³/mol. The van der Waals surface area contributed by atoms with Gasteiger partial charge in [0.25, 0.3) is 0 Å². The van der Waals surface area contributed by atoms with Crippen molar-refractivity contribution in [3.8, 4) is 0 Å². The Morgan fingerprint density at radius 2 is 2.05 bits per heavy atom. The molecule has 19 heavy (non-hydrogen) atoms. The molecule has 0 heterocycles. The highest BCUT2D eigenvalue weighted by Crippen LogP contribution is 2.25. The van der Waals surface area contributed by atoms with Crippen molar-refractivity contribution in [3.05, 3.63) is 29.8 Å². The zero-order valence-electron chi connectivity index (χ0n) is 12.1. The Hall–Kier alpha value is -1.02. The summed E-state index contributed by atoms with van der Waals surface area (Å²) in [6.07, 6.45) is 8.46. The van der Waals surface area contributed by atoms with Gasteiger partial charge in [0.15, 0.2) is 0 Å². The molecule has 1 fully saturated rings. The van der Waals surface area contributed by atoms with E-state index in [4.69, 9.17) is 0 Å². The maximum atomic E-state index is 10.0. The lowest BCUT2D eigenvalue weighted by Crippen LogP contribution is -2.17. The van der Waals surface area contributed by atoms with E-state index in [9.17, 15) is 5.11 Å². The van der Waals surface area contributed by atoms with Gasteiger partial charge < -0.3 is 10.4 Å². The van der Waals surface area contributed by atoms with E-state index in [2.05, 4.69) is 24.4 Å². The molecule has 2 N–H and O–H groups in total. The average molecular weight is 261 g/mol. The van der Waals surface area contributed by atoms with Crippen molar-refractivity contribution >= 4 is 5.69 Å². The van der Waals surface area contributed by atoms with Gasteiger partial charge in [-0.05, 0) is 42.9 Å². The second-order valence-electron chi connectivity index (χ2n) is 5.81. The number of aliphatic hydroxyl groups is 1. The van der Waals surface area contributed by atoms with Crippen molar-refractivity contribution in [3.63, 3.8) is 0 Å². The maximum absolute atomic E-state index is 10.0. The number of anilines is 1. The summed E-state index contributed by atoms with van der Waals surface area (Å²) < 4.78 is 0. The van der Waals surface area contributed by atoms with Crippen LogP contribution in [0.1, 0.15) is 63.5 Å². The Bertz CT molecular complexity index is 371. The van der Waals surface area contributed by atoms with E-state index in [0.717, 1.165) is 36.6 Å². The molecule has 106 valence electrons. The number of nitrogens with one attached hydrogen (secondary N) is 1. The topological polar surface area (TPSA) is 32.3 Å². The van der Waals surface area contributed by atoms with Crippen LogP contribution in [0.25, 0.3) is 0 Å². The van der Waals surface area contributed by atoms with Gasteiger partial charge in [0.05, 0.1) is 6.10 Å². The molecule has 0 bridgehead atoms. The average Bonchev–Trinajstić information content (AvgIpc) is 2.47. The van der Waals surface area contributed by atoms with Crippen molar-refractivity contribution in [1.29, 1.82) is 0 Å². The fourth-order valence-corrected chi connectivity index (χ4v) is 2.95. The number of aliphatic hydroxyl groups excluding tert-OH is 1. The van der Waals surface area contributed by atoms with Crippen LogP contribution in [0.15, 0.2) is 24.3 Å². The van der Waals surface area contributed by atoms with Gasteiger partial charge in [0.1, 0.15) is 0 Å². The molecule has 1 aromatic rings. The van der Waals surface area contributed by atoms with E-state index in [0.29, 0.717) is 0 Å². The summed E-state index contributed by atoms with van der Waals surface area (Å²) >= 11 is 0. The van der Waals surface area contributed by atoms with Crippen LogP contribution >= 0.6 is 0 Å². The molecule has 0 unspecified atom stereocenters. The fourth-order valence-electron chi connectivity index (χ4n) is 2.95. The van der Waals surface area contributed by atoms with Gasteiger partial charge in [-0.25, -0.2) is 0 Å². The smallest absolute Gasteiger partial charge is 0.0790 e. The van der Waals surface area contributed by atoms with E-state index < -0.39 is 0 Å². The maximum Gasteiger partial charge on any atom is 0.0790 e. The van der Waals surface area contributed by atoms with Gasteiger partial charge in [-0.2, -0.15) is 0 Å². The highest BCUT2D eigenvalue weighted by Gasteiger charge is 2.13. The zero-order chi connectivity index (χ0) is 13.5. The van der Waals surface area contributed by atoms with Crippen LogP contribution in [0.3, 0.4) is 0 Å². The number of benzene rings is 1. The molecule has 0 radical (unpaired) electrons. The van der Waals surface area contributed by atoms with Gasteiger partial charge in [0.2, 0.25) is 0 Å². The minimum Gasteiger partial charge on any atom is -0.388 e. The normalized spacial score (nSPS) is 18.2. The Labute approximate surface area is 117 Å². The van der Waals surface area contributed by atoms with Crippen molar-refractivity contribution in [1.82, 2.24) is 0 Å². The van der Waals surface area contributed by atoms with Crippen molar-refractivity contribution < 1.29 is 5.11 Å². The Morgan fingerprint density at radius 1 is 1.26 bits per heavy atom. The predicted octanol–water partition coefficient (Wildman–Crippen LogP) is 4.51. The lowest BCUT2D eigenvalue weighted by molar-refractivity contribution is 0.166. The monoisotopic (exact) mass is 261 g/mol. The Morgan fingerprint density at radius 3 is 2.79 bits per heavy atom. The van der Waals surface area contributed by atoms with Gasteiger partial charge in [0, 0.05) is 12.2 Å². The zero-order valence-corrected chi connectivity index (χ0v) is 12.1. The van der Waals surface area contributed by atoms with Crippen LogP contribution in [0.2, 0.25) is 0 Å². The molecule has 0 spiro atoms. The quantitative estimate of drug-likeness (QED) is 0.789. The molecule has 2 nitrogen and oxygen atoms in total. The Kier molecular flexibility index (Phi) is 5.71. The first-order valence-corrected chi connectivity index (χ1v) is 7.81. The first kappa shape index (κ1) is 14.4. The molecule has 0 aromatic heterocycles. The van der Waals surface area contributed by atoms with Gasteiger partial charge in [-0.15, -0.1) is 0 Å². The molecule has 1 aromatic carbocycles. The minimum atomic E-state index is -0.318. The van der Waals surface area contributed by atoms with Crippen LogP contribution in [-0.2, 0) is 0 Å². The third kappa shape index (κ3) is 4.54. The van der Waals surface area contributed by atoms with Crippen LogP contribution in [-0.4, -0.2) is 11.7 Å². The van der Waals surface area contributed by atoms with Crippen molar-refractivity contribution in [2.75, 3.05) is 11.9 Å².